The van der Waals surface area contributed by atoms with Crippen molar-refractivity contribution in [3.8, 4) is 0 Å². The maximum Gasteiger partial charge on any atom is 0.129 e. The molecule has 2 heterocycles. The van der Waals surface area contributed by atoms with Gasteiger partial charge >= 0.3 is 0 Å². The van der Waals surface area contributed by atoms with E-state index in [0.717, 1.165) is 24.0 Å². The third kappa shape index (κ3) is 3.40. The Kier molecular flexibility index (Phi) is 3.94. The largest absolute Gasteiger partial charge is 0.370 e. The molecule has 94 valence electrons. The molecule has 1 unspecified atom stereocenters. The number of nitrogens with zero attached hydrogens (tertiary/aromatic N) is 3. The van der Waals surface area contributed by atoms with Gasteiger partial charge in [0.2, 0.25) is 0 Å². The van der Waals surface area contributed by atoms with Gasteiger partial charge in [-0.2, -0.15) is 0 Å². The van der Waals surface area contributed by atoms with E-state index in [9.17, 15) is 0 Å². The number of aromatic nitrogens is 2. The smallest absolute Gasteiger partial charge is 0.129 e. The van der Waals surface area contributed by atoms with E-state index in [1.807, 2.05) is 0 Å². The van der Waals surface area contributed by atoms with Crippen molar-refractivity contribution >= 4 is 5.82 Å². The normalized spacial score (nSPS) is 21.1. The van der Waals surface area contributed by atoms with Gasteiger partial charge in [-0.15, -0.1) is 0 Å². The molecule has 4 nitrogen and oxygen atoms in total. The monoisotopic (exact) mass is 234 g/mol. The van der Waals surface area contributed by atoms with Gasteiger partial charge in [0.25, 0.3) is 0 Å². The fourth-order valence-electron chi connectivity index (χ4n) is 2.23. The predicted octanol–water partition coefficient (Wildman–Crippen LogP) is 1.96. The standard InChI is InChI=1S/C13H22N4/c1-10(2)12-6-13(16-9-15-12)14-7-11-4-5-17(3)8-11/h6,9-11H,4-5,7-8H2,1-3H3,(H,14,15,16). The number of likely N-dealkylation sites (tertiary alicyclic amines) is 1. The quantitative estimate of drug-likeness (QED) is 0.864. The molecular weight excluding hydrogens is 212 g/mol. The van der Waals surface area contributed by atoms with Gasteiger partial charge in [0, 0.05) is 24.8 Å². The van der Waals surface area contributed by atoms with Gasteiger partial charge < -0.3 is 10.2 Å². The predicted molar refractivity (Wildman–Crippen MR) is 70.2 cm³/mol. The maximum absolute atomic E-state index is 4.27. The van der Waals surface area contributed by atoms with Crippen LogP contribution >= 0.6 is 0 Å². The highest BCUT2D eigenvalue weighted by atomic mass is 15.1. The minimum absolute atomic E-state index is 0.455. The van der Waals surface area contributed by atoms with Crippen LogP contribution in [0.5, 0.6) is 0 Å². The van der Waals surface area contributed by atoms with Crippen molar-refractivity contribution in [1.29, 1.82) is 0 Å². The Morgan fingerprint density at radius 1 is 1.47 bits per heavy atom. The summed E-state index contributed by atoms with van der Waals surface area (Å²) in [6, 6.07) is 2.06. The summed E-state index contributed by atoms with van der Waals surface area (Å²) in [5.74, 6) is 2.16. The van der Waals surface area contributed by atoms with E-state index in [0.29, 0.717) is 5.92 Å². The Labute approximate surface area is 103 Å². The second-order valence-electron chi connectivity index (χ2n) is 5.28. The molecule has 4 heteroatoms. The molecule has 1 aliphatic heterocycles. The number of rotatable bonds is 4. The van der Waals surface area contributed by atoms with Gasteiger partial charge in [-0.1, -0.05) is 13.8 Å². The van der Waals surface area contributed by atoms with E-state index in [2.05, 4.69) is 47.1 Å². The first-order valence-corrected chi connectivity index (χ1v) is 6.39. The van der Waals surface area contributed by atoms with Gasteiger partial charge in [0.15, 0.2) is 0 Å². The van der Waals surface area contributed by atoms with Crippen molar-refractivity contribution in [3.63, 3.8) is 0 Å². The lowest BCUT2D eigenvalue weighted by Crippen LogP contribution is -2.19. The molecule has 17 heavy (non-hydrogen) atoms. The van der Waals surface area contributed by atoms with E-state index < -0.39 is 0 Å². The van der Waals surface area contributed by atoms with Crippen molar-refractivity contribution in [2.75, 3.05) is 32.0 Å². The Morgan fingerprint density at radius 3 is 2.94 bits per heavy atom. The zero-order valence-corrected chi connectivity index (χ0v) is 11.0. The Hall–Kier alpha value is -1.16. The summed E-state index contributed by atoms with van der Waals surface area (Å²) in [4.78, 5) is 10.9. The maximum atomic E-state index is 4.27. The van der Waals surface area contributed by atoms with Crippen LogP contribution in [-0.4, -0.2) is 41.5 Å². The van der Waals surface area contributed by atoms with E-state index in [1.54, 1.807) is 6.33 Å². The molecule has 0 saturated carbocycles. The van der Waals surface area contributed by atoms with Crippen LogP contribution < -0.4 is 5.32 Å². The average molecular weight is 234 g/mol. The van der Waals surface area contributed by atoms with Crippen molar-refractivity contribution in [3.05, 3.63) is 18.1 Å². The molecule has 0 aliphatic carbocycles. The summed E-state index contributed by atoms with van der Waals surface area (Å²) < 4.78 is 0. The summed E-state index contributed by atoms with van der Waals surface area (Å²) in [7, 11) is 2.18. The van der Waals surface area contributed by atoms with Crippen LogP contribution in [0.25, 0.3) is 0 Å². The molecule has 0 bridgehead atoms. The number of hydrogen-bond acceptors (Lipinski definition) is 4. The molecule has 1 aromatic rings. The molecule has 0 spiro atoms. The summed E-state index contributed by atoms with van der Waals surface area (Å²) in [5.41, 5.74) is 1.10. The van der Waals surface area contributed by atoms with Crippen LogP contribution in [0.1, 0.15) is 31.9 Å². The van der Waals surface area contributed by atoms with Gasteiger partial charge in [-0.3, -0.25) is 0 Å². The molecule has 1 fully saturated rings. The van der Waals surface area contributed by atoms with Crippen molar-refractivity contribution in [2.24, 2.45) is 5.92 Å². The van der Waals surface area contributed by atoms with Crippen LogP contribution in [0.2, 0.25) is 0 Å². The van der Waals surface area contributed by atoms with E-state index in [1.165, 1.54) is 19.5 Å². The van der Waals surface area contributed by atoms with Gasteiger partial charge in [0.05, 0.1) is 0 Å². The molecule has 1 aliphatic rings. The highest BCUT2D eigenvalue weighted by Crippen LogP contribution is 2.17. The van der Waals surface area contributed by atoms with Crippen LogP contribution in [0, 0.1) is 5.92 Å². The topological polar surface area (TPSA) is 41.0 Å². The van der Waals surface area contributed by atoms with E-state index in [4.69, 9.17) is 0 Å². The molecule has 0 amide bonds. The first-order chi connectivity index (χ1) is 8.15. The molecule has 1 saturated heterocycles. The molecule has 1 N–H and O–H groups in total. The number of nitrogens with one attached hydrogen (secondary N) is 1. The number of anilines is 1. The third-order valence-corrected chi connectivity index (χ3v) is 3.34. The van der Waals surface area contributed by atoms with Crippen molar-refractivity contribution in [1.82, 2.24) is 14.9 Å². The molecule has 0 radical (unpaired) electrons. The molecule has 1 atom stereocenters. The van der Waals surface area contributed by atoms with Crippen molar-refractivity contribution < 1.29 is 0 Å². The average Bonchev–Trinajstić information content (AvgIpc) is 2.73. The first kappa shape index (κ1) is 12.3. The fraction of sp³-hybridized carbons (Fsp3) is 0.692. The van der Waals surface area contributed by atoms with Crippen LogP contribution in [0.15, 0.2) is 12.4 Å². The molecule has 2 rings (SSSR count). The van der Waals surface area contributed by atoms with E-state index >= 15 is 0 Å². The zero-order valence-electron chi connectivity index (χ0n) is 11.0. The third-order valence-electron chi connectivity index (χ3n) is 3.34. The van der Waals surface area contributed by atoms with Gasteiger partial charge in [-0.05, 0) is 31.8 Å². The summed E-state index contributed by atoms with van der Waals surface area (Å²) in [6.07, 6.45) is 2.93. The van der Waals surface area contributed by atoms with Gasteiger partial charge in [0.1, 0.15) is 12.1 Å². The minimum atomic E-state index is 0.455. The summed E-state index contributed by atoms with van der Waals surface area (Å²) in [5, 5.41) is 3.42. The fourth-order valence-corrected chi connectivity index (χ4v) is 2.23. The lowest BCUT2D eigenvalue weighted by molar-refractivity contribution is 0.399. The first-order valence-electron chi connectivity index (χ1n) is 6.39. The summed E-state index contributed by atoms with van der Waals surface area (Å²) >= 11 is 0. The van der Waals surface area contributed by atoms with E-state index in [-0.39, 0.29) is 0 Å². The highest BCUT2D eigenvalue weighted by Gasteiger charge is 2.19. The molecule has 1 aromatic heterocycles. The second kappa shape index (κ2) is 5.45. The zero-order chi connectivity index (χ0) is 12.3. The summed E-state index contributed by atoms with van der Waals surface area (Å²) in [6.45, 7) is 7.72. The Morgan fingerprint density at radius 2 is 2.29 bits per heavy atom. The number of hydrogen-bond donors (Lipinski definition) is 1. The van der Waals surface area contributed by atoms with Crippen molar-refractivity contribution in [2.45, 2.75) is 26.2 Å². The highest BCUT2D eigenvalue weighted by molar-refractivity contribution is 5.35. The van der Waals surface area contributed by atoms with Crippen LogP contribution in [0.3, 0.4) is 0 Å². The van der Waals surface area contributed by atoms with Gasteiger partial charge in [-0.25, -0.2) is 9.97 Å². The minimum Gasteiger partial charge on any atom is -0.370 e. The Balaban J connectivity index is 1.88. The SMILES string of the molecule is CC(C)c1cc(NCC2CCN(C)C2)ncn1. The molecule has 0 aromatic carbocycles. The van der Waals surface area contributed by atoms with Crippen LogP contribution in [0.4, 0.5) is 5.82 Å². The molecular formula is C13H22N4. The lowest BCUT2D eigenvalue weighted by atomic mass is 10.1. The lowest BCUT2D eigenvalue weighted by Gasteiger charge is -2.13. The second-order valence-corrected chi connectivity index (χ2v) is 5.28. The Bertz CT molecular complexity index is 364. The van der Waals surface area contributed by atoms with Crippen LogP contribution in [-0.2, 0) is 0 Å².